The van der Waals surface area contributed by atoms with Crippen LogP contribution in [-0.2, 0) is 0 Å². The highest BCUT2D eigenvalue weighted by molar-refractivity contribution is 7.03. The fourth-order valence-corrected chi connectivity index (χ4v) is 1.26. The van der Waals surface area contributed by atoms with Gasteiger partial charge < -0.3 is 10.6 Å². The normalized spacial score (nSPS) is 9.92. The number of hydrogen-bond acceptors (Lipinski definition) is 5. The molecule has 0 saturated carbocycles. The Morgan fingerprint density at radius 1 is 1.62 bits per heavy atom. The molecule has 2 N–H and O–H groups in total. The molecule has 0 saturated heterocycles. The molecule has 0 spiro atoms. The van der Waals surface area contributed by atoms with Crippen molar-refractivity contribution in [2.45, 2.75) is 6.42 Å². The predicted molar refractivity (Wildman–Crippen MR) is 50.8 cm³/mol. The zero-order valence-corrected chi connectivity index (χ0v) is 8.23. The maximum absolute atomic E-state index is 11.2. The van der Waals surface area contributed by atoms with Crippen LogP contribution in [-0.4, -0.2) is 35.6 Å². The second kappa shape index (κ2) is 5.60. The Kier molecular flexibility index (Phi) is 4.34. The van der Waals surface area contributed by atoms with Crippen LogP contribution < -0.4 is 10.6 Å². The van der Waals surface area contributed by atoms with Gasteiger partial charge in [0, 0.05) is 11.9 Å². The minimum Gasteiger partial charge on any atom is -0.351 e. The minimum atomic E-state index is -0.148. The number of nitrogens with one attached hydrogen (secondary N) is 2. The first-order valence-electron chi connectivity index (χ1n) is 4.04. The van der Waals surface area contributed by atoms with Gasteiger partial charge in [-0.05, 0) is 31.5 Å². The van der Waals surface area contributed by atoms with E-state index in [1.807, 2.05) is 7.05 Å². The number of rotatable bonds is 5. The molecule has 0 fully saturated rings. The third-order valence-electron chi connectivity index (χ3n) is 1.48. The molecule has 0 aliphatic rings. The molecule has 0 atom stereocenters. The highest BCUT2D eigenvalue weighted by Gasteiger charge is 2.06. The second-order valence-electron chi connectivity index (χ2n) is 2.50. The molecule has 0 aliphatic carbocycles. The van der Waals surface area contributed by atoms with Gasteiger partial charge in [0.2, 0.25) is 0 Å². The van der Waals surface area contributed by atoms with Crippen LogP contribution in [0, 0.1) is 0 Å². The lowest BCUT2D eigenvalue weighted by molar-refractivity contribution is 0.0948. The fourth-order valence-electron chi connectivity index (χ4n) is 0.821. The highest BCUT2D eigenvalue weighted by Crippen LogP contribution is 1.95. The van der Waals surface area contributed by atoms with Gasteiger partial charge in [-0.25, -0.2) is 0 Å². The van der Waals surface area contributed by atoms with Crippen molar-refractivity contribution in [1.82, 2.24) is 20.2 Å². The number of nitrogens with zero attached hydrogens (tertiary/aromatic N) is 2. The maximum Gasteiger partial charge on any atom is 0.272 e. The molecule has 13 heavy (non-hydrogen) atoms. The Hall–Kier alpha value is -1.01. The molecule has 1 rings (SSSR count). The molecule has 72 valence electrons. The largest absolute Gasteiger partial charge is 0.351 e. The zero-order chi connectivity index (χ0) is 9.52. The summed E-state index contributed by atoms with van der Waals surface area (Å²) in [7, 11) is 1.88. The Labute approximate surface area is 80.7 Å². The standard InChI is InChI=1S/C7H12N4OS/c1-8-3-2-4-9-7(12)6-5-13-11-10-6/h5,8H,2-4H2,1H3,(H,9,12). The second-order valence-corrected chi connectivity index (χ2v) is 3.11. The number of amides is 1. The summed E-state index contributed by atoms with van der Waals surface area (Å²) in [5.74, 6) is -0.148. The number of carbonyl (C=O) groups is 1. The molecule has 0 radical (unpaired) electrons. The lowest BCUT2D eigenvalue weighted by atomic mass is 10.4. The molecular formula is C7H12N4OS. The molecule has 1 heterocycles. The average molecular weight is 200 g/mol. The van der Waals surface area contributed by atoms with Gasteiger partial charge in [0.05, 0.1) is 0 Å². The molecule has 0 unspecified atom stereocenters. The van der Waals surface area contributed by atoms with E-state index in [2.05, 4.69) is 20.2 Å². The van der Waals surface area contributed by atoms with E-state index in [0.717, 1.165) is 13.0 Å². The van der Waals surface area contributed by atoms with Gasteiger partial charge in [-0.3, -0.25) is 4.79 Å². The van der Waals surface area contributed by atoms with E-state index in [4.69, 9.17) is 0 Å². The summed E-state index contributed by atoms with van der Waals surface area (Å²) in [4.78, 5) is 11.2. The summed E-state index contributed by atoms with van der Waals surface area (Å²) >= 11 is 1.18. The fraction of sp³-hybridized carbons (Fsp3) is 0.571. The molecule has 0 aromatic carbocycles. The monoisotopic (exact) mass is 200 g/mol. The molecular weight excluding hydrogens is 188 g/mol. The van der Waals surface area contributed by atoms with Crippen molar-refractivity contribution in [3.8, 4) is 0 Å². The van der Waals surface area contributed by atoms with Crippen LogP contribution in [0.15, 0.2) is 5.38 Å². The Balaban J connectivity index is 2.19. The summed E-state index contributed by atoms with van der Waals surface area (Å²) < 4.78 is 3.61. The van der Waals surface area contributed by atoms with E-state index < -0.39 is 0 Å². The molecule has 6 heteroatoms. The van der Waals surface area contributed by atoms with Gasteiger partial charge in [0.15, 0.2) is 5.69 Å². The van der Waals surface area contributed by atoms with Crippen molar-refractivity contribution in [2.24, 2.45) is 0 Å². The van der Waals surface area contributed by atoms with Crippen LogP contribution in [0.2, 0.25) is 0 Å². The lowest BCUT2D eigenvalue weighted by Crippen LogP contribution is -2.26. The Morgan fingerprint density at radius 2 is 2.46 bits per heavy atom. The Bertz CT molecular complexity index is 249. The average Bonchev–Trinajstić information content (AvgIpc) is 2.65. The molecule has 1 aromatic rings. The van der Waals surface area contributed by atoms with Gasteiger partial charge in [-0.1, -0.05) is 4.49 Å². The van der Waals surface area contributed by atoms with Crippen LogP contribution >= 0.6 is 11.5 Å². The topological polar surface area (TPSA) is 66.9 Å². The summed E-state index contributed by atoms with van der Waals surface area (Å²) in [6.07, 6.45) is 0.916. The van der Waals surface area contributed by atoms with Crippen LogP contribution in [0.4, 0.5) is 0 Å². The maximum atomic E-state index is 11.2. The first kappa shape index (κ1) is 10.1. The smallest absolute Gasteiger partial charge is 0.272 e. The van der Waals surface area contributed by atoms with Crippen molar-refractivity contribution in [3.63, 3.8) is 0 Å². The van der Waals surface area contributed by atoms with Crippen LogP contribution in [0.1, 0.15) is 16.9 Å². The lowest BCUT2D eigenvalue weighted by Gasteiger charge is -2.01. The summed E-state index contributed by atoms with van der Waals surface area (Å²) in [6.45, 7) is 1.56. The van der Waals surface area contributed by atoms with E-state index in [1.54, 1.807) is 5.38 Å². The first-order valence-corrected chi connectivity index (χ1v) is 4.88. The van der Waals surface area contributed by atoms with Gasteiger partial charge in [-0.15, -0.1) is 5.10 Å². The van der Waals surface area contributed by atoms with E-state index >= 15 is 0 Å². The van der Waals surface area contributed by atoms with Crippen LogP contribution in [0.25, 0.3) is 0 Å². The first-order chi connectivity index (χ1) is 6.34. The van der Waals surface area contributed by atoms with E-state index in [1.165, 1.54) is 11.5 Å². The molecule has 0 aliphatic heterocycles. The number of hydrogen-bond donors (Lipinski definition) is 2. The predicted octanol–water partition coefficient (Wildman–Crippen LogP) is -0.123. The van der Waals surface area contributed by atoms with Crippen molar-refractivity contribution in [2.75, 3.05) is 20.1 Å². The number of aromatic nitrogens is 2. The van der Waals surface area contributed by atoms with Crippen LogP contribution in [0.5, 0.6) is 0 Å². The van der Waals surface area contributed by atoms with Crippen molar-refractivity contribution < 1.29 is 4.79 Å². The quantitative estimate of drug-likeness (QED) is 0.650. The van der Waals surface area contributed by atoms with Crippen LogP contribution in [0.3, 0.4) is 0 Å². The van der Waals surface area contributed by atoms with Crippen molar-refractivity contribution >= 4 is 17.4 Å². The number of carbonyl (C=O) groups excluding carboxylic acids is 1. The van der Waals surface area contributed by atoms with Gasteiger partial charge in [0.1, 0.15) is 0 Å². The highest BCUT2D eigenvalue weighted by atomic mass is 32.1. The SMILES string of the molecule is CNCCCNC(=O)c1csnn1. The van der Waals surface area contributed by atoms with E-state index in [9.17, 15) is 4.79 Å². The molecule has 0 bridgehead atoms. The van der Waals surface area contributed by atoms with Crippen molar-refractivity contribution in [1.29, 1.82) is 0 Å². The molecule has 1 amide bonds. The van der Waals surface area contributed by atoms with Gasteiger partial charge >= 0.3 is 0 Å². The van der Waals surface area contributed by atoms with E-state index in [-0.39, 0.29) is 5.91 Å². The molecule has 5 nitrogen and oxygen atoms in total. The zero-order valence-electron chi connectivity index (χ0n) is 7.41. The van der Waals surface area contributed by atoms with Gasteiger partial charge in [0.25, 0.3) is 5.91 Å². The summed E-state index contributed by atoms with van der Waals surface area (Å²) in [5.41, 5.74) is 0.398. The minimum absolute atomic E-state index is 0.148. The third kappa shape index (κ3) is 3.47. The van der Waals surface area contributed by atoms with E-state index in [0.29, 0.717) is 12.2 Å². The molecule has 1 aromatic heterocycles. The van der Waals surface area contributed by atoms with Crippen molar-refractivity contribution in [3.05, 3.63) is 11.1 Å². The van der Waals surface area contributed by atoms with Gasteiger partial charge in [-0.2, -0.15) is 0 Å². The third-order valence-corrected chi connectivity index (χ3v) is 1.99. The summed E-state index contributed by atoms with van der Waals surface area (Å²) in [6, 6.07) is 0. The Morgan fingerprint density at radius 3 is 3.08 bits per heavy atom. The summed E-state index contributed by atoms with van der Waals surface area (Å²) in [5, 5.41) is 11.0.